The summed E-state index contributed by atoms with van der Waals surface area (Å²) in [6, 6.07) is 9.63. The number of piperidine rings is 1. The van der Waals surface area contributed by atoms with Crippen LogP contribution in [0.4, 0.5) is 0 Å². The molecule has 0 aliphatic carbocycles. The summed E-state index contributed by atoms with van der Waals surface area (Å²) in [7, 11) is 1.55. The third-order valence-corrected chi connectivity index (χ3v) is 6.78. The molecule has 0 spiro atoms. The van der Waals surface area contributed by atoms with E-state index in [4.69, 9.17) is 25.8 Å². The van der Waals surface area contributed by atoms with Gasteiger partial charge in [-0.2, -0.15) is 0 Å². The van der Waals surface area contributed by atoms with E-state index in [9.17, 15) is 5.11 Å². The summed E-state index contributed by atoms with van der Waals surface area (Å²) in [5, 5.41) is 15.2. The third kappa shape index (κ3) is 5.05. The molecule has 0 amide bonds. The first-order valence-corrected chi connectivity index (χ1v) is 12.0. The van der Waals surface area contributed by atoms with Crippen LogP contribution >= 0.6 is 11.6 Å². The number of halogens is 1. The van der Waals surface area contributed by atoms with Crippen LogP contribution in [0, 0.1) is 5.92 Å². The number of aliphatic hydroxyl groups is 1. The van der Waals surface area contributed by atoms with Crippen molar-refractivity contribution >= 4 is 22.6 Å². The van der Waals surface area contributed by atoms with Crippen molar-refractivity contribution in [3.63, 3.8) is 0 Å². The minimum absolute atomic E-state index is 0.292. The Morgan fingerprint density at radius 2 is 2.15 bits per heavy atom. The van der Waals surface area contributed by atoms with E-state index in [1.54, 1.807) is 19.4 Å². The maximum absolute atomic E-state index is 11.1. The van der Waals surface area contributed by atoms with Crippen molar-refractivity contribution in [1.29, 1.82) is 0 Å². The Morgan fingerprint density at radius 1 is 1.26 bits per heavy atom. The number of ether oxygens (including phenoxy) is 3. The number of hydrogen-bond donors (Lipinski definition) is 2. The number of benzene rings is 2. The van der Waals surface area contributed by atoms with Crippen LogP contribution in [0.3, 0.4) is 0 Å². The molecule has 180 valence electrons. The van der Waals surface area contributed by atoms with E-state index in [0.29, 0.717) is 46.8 Å². The smallest absolute Gasteiger partial charge is 0.232 e. The van der Waals surface area contributed by atoms with Gasteiger partial charge < -0.3 is 29.5 Å². The molecule has 8 nitrogen and oxygen atoms in total. The second-order valence-electron chi connectivity index (χ2n) is 8.84. The molecule has 1 saturated heterocycles. The lowest BCUT2D eigenvalue weighted by molar-refractivity contribution is 0.0848. The molecule has 0 radical (unpaired) electrons. The number of fused-ring (bicyclic) bond motifs is 2. The SMILES string of the molecule is COc1cnc2ccc(Cl)c(C(O)CN3CCCC(CNCc4ccc5c(c4)OCO5)C3)c2n1. The molecule has 2 N–H and O–H groups in total. The summed E-state index contributed by atoms with van der Waals surface area (Å²) >= 11 is 6.49. The van der Waals surface area contributed by atoms with Gasteiger partial charge in [-0.25, -0.2) is 9.97 Å². The van der Waals surface area contributed by atoms with Crippen LogP contribution < -0.4 is 19.5 Å². The van der Waals surface area contributed by atoms with Crippen LogP contribution in [-0.2, 0) is 6.54 Å². The molecule has 34 heavy (non-hydrogen) atoms. The maximum Gasteiger partial charge on any atom is 0.232 e. The zero-order chi connectivity index (χ0) is 23.5. The van der Waals surface area contributed by atoms with E-state index in [1.165, 1.54) is 12.0 Å². The summed E-state index contributed by atoms with van der Waals surface area (Å²) < 4.78 is 16.1. The zero-order valence-corrected chi connectivity index (χ0v) is 19.9. The van der Waals surface area contributed by atoms with Crippen molar-refractivity contribution in [3.05, 3.63) is 52.7 Å². The number of methoxy groups -OCH3 is 1. The van der Waals surface area contributed by atoms with Gasteiger partial charge in [0.05, 0.1) is 24.9 Å². The summed E-state index contributed by atoms with van der Waals surface area (Å²) in [5.74, 6) is 2.53. The zero-order valence-electron chi connectivity index (χ0n) is 19.2. The van der Waals surface area contributed by atoms with Crippen molar-refractivity contribution in [2.75, 3.05) is 40.1 Å². The molecule has 9 heteroatoms. The van der Waals surface area contributed by atoms with Crippen molar-refractivity contribution in [2.24, 2.45) is 5.92 Å². The lowest BCUT2D eigenvalue weighted by atomic mass is 9.96. The lowest BCUT2D eigenvalue weighted by Gasteiger charge is -2.34. The summed E-state index contributed by atoms with van der Waals surface area (Å²) in [6.07, 6.45) is 3.06. The number of nitrogens with zero attached hydrogens (tertiary/aromatic N) is 3. The van der Waals surface area contributed by atoms with Gasteiger partial charge in [0.2, 0.25) is 12.7 Å². The number of aliphatic hydroxyl groups excluding tert-OH is 1. The Hall–Kier alpha value is -2.65. The molecule has 2 aromatic carbocycles. The van der Waals surface area contributed by atoms with Crippen LogP contribution in [0.1, 0.15) is 30.1 Å². The van der Waals surface area contributed by atoms with Gasteiger partial charge in [0.15, 0.2) is 11.5 Å². The molecule has 1 fully saturated rings. The van der Waals surface area contributed by atoms with Crippen LogP contribution in [0.5, 0.6) is 17.4 Å². The fourth-order valence-corrected chi connectivity index (χ4v) is 5.04. The van der Waals surface area contributed by atoms with Crippen molar-refractivity contribution in [3.8, 4) is 17.4 Å². The standard InChI is InChI=1S/C25H29ClN4O4/c1-32-23-12-28-19-6-5-18(26)24(25(19)29-23)20(31)14-30-8-2-3-17(13-30)11-27-10-16-4-7-21-22(9-16)34-15-33-21/h4-7,9,12,17,20,27,31H,2-3,8,10-11,13-15H2,1H3. The summed E-state index contributed by atoms with van der Waals surface area (Å²) in [4.78, 5) is 11.2. The Kier molecular flexibility index (Phi) is 7.01. The Morgan fingerprint density at radius 3 is 3.03 bits per heavy atom. The number of β-amino-alcohol motifs (C(OH)–C–C–N with tert-alkyl or cyclic N) is 1. The number of likely N-dealkylation sites (tertiary alicyclic amines) is 1. The molecule has 0 bridgehead atoms. The Bertz CT molecular complexity index is 1160. The molecule has 3 aromatic rings. The van der Waals surface area contributed by atoms with Crippen molar-refractivity contribution < 1.29 is 19.3 Å². The highest BCUT2D eigenvalue weighted by Gasteiger charge is 2.25. The average Bonchev–Trinajstić information content (AvgIpc) is 3.32. The molecular weight excluding hydrogens is 456 g/mol. The number of nitrogens with one attached hydrogen (secondary N) is 1. The highest BCUT2D eigenvalue weighted by Crippen LogP contribution is 2.33. The van der Waals surface area contributed by atoms with Gasteiger partial charge in [0, 0.05) is 30.2 Å². The van der Waals surface area contributed by atoms with E-state index in [2.05, 4.69) is 26.3 Å². The largest absolute Gasteiger partial charge is 0.480 e. The fraction of sp³-hybridized carbons (Fsp3) is 0.440. The average molecular weight is 485 g/mol. The van der Waals surface area contributed by atoms with E-state index in [0.717, 1.165) is 44.1 Å². The fourth-order valence-electron chi connectivity index (χ4n) is 4.76. The molecule has 2 aliphatic rings. The molecule has 2 unspecified atom stereocenters. The molecule has 2 atom stereocenters. The van der Waals surface area contributed by atoms with Crippen LogP contribution in [0.25, 0.3) is 11.0 Å². The highest BCUT2D eigenvalue weighted by molar-refractivity contribution is 6.32. The lowest BCUT2D eigenvalue weighted by Crippen LogP contribution is -2.41. The minimum atomic E-state index is -0.766. The summed E-state index contributed by atoms with van der Waals surface area (Å²) in [6.45, 7) is 4.35. The minimum Gasteiger partial charge on any atom is -0.480 e. The molecule has 5 rings (SSSR count). The normalized spacial score (nSPS) is 18.9. The second kappa shape index (κ2) is 10.3. The predicted octanol–water partition coefficient (Wildman–Crippen LogP) is 3.56. The molecule has 3 heterocycles. The molecule has 2 aliphatic heterocycles. The van der Waals surface area contributed by atoms with Gasteiger partial charge in [-0.05, 0) is 61.7 Å². The van der Waals surface area contributed by atoms with E-state index in [-0.39, 0.29) is 0 Å². The Balaban J connectivity index is 1.19. The monoisotopic (exact) mass is 484 g/mol. The maximum atomic E-state index is 11.1. The van der Waals surface area contributed by atoms with E-state index < -0.39 is 6.10 Å². The van der Waals surface area contributed by atoms with Gasteiger partial charge in [-0.1, -0.05) is 17.7 Å². The number of hydrogen-bond acceptors (Lipinski definition) is 8. The quantitative estimate of drug-likeness (QED) is 0.501. The topological polar surface area (TPSA) is 89.0 Å². The van der Waals surface area contributed by atoms with E-state index in [1.807, 2.05) is 18.2 Å². The van der Waals surface area contributed by atoms with Crippen LogP contribution in [0.2, 0.25) is 5.02 Å². The number of aromatic nitrogens is 2. The number of rotatable bonds is 8. The van der Waals surface area contributed by atoms with Gasteiger partial charge in [-0.3, -0.25) is 0 Å². The van der Waals surface area contributed by atoms with Crippen LogP contribution in [-0.4, -0.2) is 60.1 Å². The highest BCUT2D eigenvalue weighted by atomic mass is 35.5. The second-order valence-corrected chi connectivity index (χ2v) is 9.25. The summed E-state index contributed by atoms with van der Waals surface area (Å²) in [5.41, 5.74) is 3.05. The van der Waals surface area contributed by atoms with E-state index >= 15 is 0 Å². The molecular formula is C25H29ClN4O4. The Labute approximate surface area is 203 Å². The van der Waals surface area contributed by atoms with Gasteiger partial charge in [-0.15, -0.1) is 0 Å². The van der Waals surface area contributed by atoms with Gasteiger partial charge in [0.25, 0.3) is 0 Å². The predicted molar refractivity (Wildman–Crippen MR) is 129 cm³/mol. The first-order chi connectivity index (χ1) is 16.6. The first kappa shape index (κ1) is 23.1. The molecule has 1 aromatic heterocycles. The molecule has 0 saturated carbocycles. The van der Waals surface area contributed by atoms with Gasteiger partial charge in [0.1, 0.15) is 5.52 Å². The first-order valence-electron chi connectivity index (χ1n) is 11.6. The van der Waals surface area contributed by atoms with Crippen molar-refractivity contribution in [1.82, 2.24) is 20.2 Å². The van der Waals surface area contributed by atoms with Crippen molar-refractivity contribution in [2.45, 2.75) is 25.5 Å². The third-order valence-electron chi connectivity index (χ3n) is 6.45. The van der Waals surface area contributed by atoms with Crippen LogP contribution in [0.15, 0.2) is 36.5 Å². The van der Waals surface area contributed by atoms with Gasteiger partial charge >= 0.3 is 0 Å².